The minimum absolute atomic E-state index is 0.0808. The zero-order chi connectivity index (χ0) is 17.0. The fourth-order valence-electron chi connectivity index (χ4n) is 4.35. The first-order chi connectivity index (χ1) is 12.3. The summed E-state index contributed by atoms with van der Waals surface area (Å²) in [5.41, 5.74) is 3.74. The predicted molar refractivity (Wildman–Crippen MR) is 103 cm³/mol. The molecule has 2 atom stereocenters. The quantitative estimate of drug-likeness (QED) is 0.653. The third-order valence-corrected chi connectivity index (χ3v) is 5.85. The molecule has 1 fully saturated rings. The van der Waals surface area contributed by atoms with Crippen molar-refractivity contribution >= 4 is 5.71 Å². The van der Waals surface area contributed by atoms with Crippen molar-refractivity contribution in [2.75, 3.05) is 0 Å². The maximum absolute atomic E-state index is 6.11. The summed E-state index contributed by atoms with van der Waals surface area (Å²) in [4.78, 5) is 6.11. The molecule has 0 amide bonds. The van der Waals surface area contributed by atoms with Gasteiger partial charge in [-0.25, -0.2) is 0 Å². The van der Waals surface area contributed by atoms with Crippen LogP contribution in [0.15, 0.2) is 65.8 Å². The van der Waals surface area contributed by atoms with Crippen molar-refractivity contribution in [2.24, 2.45) is 5.16 Å². The van der Waals surface area contributed by atoms with Gasteiger partial charge in [-0.05, 0) is 49.1 Å². The molecule has 1 aliphatic heterocycles. The molecule has 2 unspecified atom stereocenters. The molecule has 2 aliphatic rings. The standard InChI is InChI=1S/C23H27NO/c1-4-10-19(11-5-1)20-12-8-3-9-16-23(17-15-20)18-22(24-25-23)21-13-6-2-7-14-21/h1-2,4-7,10-11,13-14,20H,3,8-9,12,15-18H2. The van der Waals surface area contributed by atoms with Gasteiger partial charge in [0, 0.05) is 6.42 Å². The first kappa shape index (κ1) is 16.4. The van der Waals surface area contributed by atoms with E-state index < -0.39 is 0 Å². The lowest BCUT2D eigenvalue weighted by atomic mass is 9.82. The molecule has 0 aromatic heterocycles. The predicted octanol–water partition coefficient (Wildman–Crippen LogP) is 6.08. The Bertz CT molecular complexity index is 709. The summed E-state index contributed by atoms with van der Waals surface area (Å²) in [6.07, 6.45) is 9.56. The van der Waals surface area contributed by atoms with Crippen LogP contribution in [0.2, 0.25) is 0 Å². The van der Waals surface area contributed by atoms with E-state index >= 15 is 0 Å². The van der Waals surface area contributed by atoms with Crippen LogP contribution in [0.5, 0.6) is 0 Å². The van der Waals surface area contributed by atoms with E-state index in [4.69, 9.17) is 4.84 Å². The van der Waals surface area contributed by atoms with Gasteiger partial charge in [0.25, 0.3) is 0 Å². The Hall–Kier alpha value is -2.09. The summed E-state index contributed by atoms with van der Waals surface area (Å²) >= 11 is 0. The third-order valence-electron chi connectivity index (χ3n) is 5.85. The first-order valence-electron chi connectivity index (χ1n) is 9.70. The minimum Gasteiger partial charge on any atom is -0.389 e. The molecule has 2 nitrogen and oxygen atoms in total. The van der Waals surface area contributed by atoms with Crippen LogP contribution in [-0.2, 0) is 4.84 Å². The van der Waals surface area contributed by atoms with Gasteiger partial charge < -0.3 is 4.84 Å². The van der Waals surface area contributed by atoms with Crippen molar-refractivity contribution < 1.29 is 4.84 Å². The highest BCUT2D eigenvalue weighted by Crippen LogP contribution is 2.40. The number of hydrogen-bond acceptors (Lipinski definition) is 2. The third kappa shape index (κ3) is 3.78. The molecule has 25 heavy (non-hydrogen) atoms. The Morgan fingerprint density at radius 3 is 2.36 bits per heavy atom. The van der Waals surface area contributed by atoms with Gasteiger partial charge in [0.05, 0.1) is 5.71 Å². The second-order valence-corrected chi connectivity index (χ2v) is 7.60. The summed E-state index contributed by atoms with van der Waals surface area (Å²) in [6.45, 7) is 0. The number of rotatable bonds is 2. The van der Waals surface area contributed by atoms with Crippen molar-refractivity contribution in [1.82, 2.24) is 0 Å². The molecule has 1 heterocycles. The van der Waals surface area contributed by atoms with E-state index in [1.165, 1.54) is 43.2 Å². The summed E-state index contributed by atoms with van der Waals surface area (Å²) in [5.74, 6) is 0.653. The molecule has 2 aromatic carbocycles. The van der Waals surface area contributed by atoms with Gasteiger partial charge in [0.1, 0.15) is 5.60 Å². The second-order valence-electron chi connectivity index (χ2n) is 7.60. The molecule has 1 saturated carbocycles. The Balaban J connectivity index is 1.49. The van der Waals surface area contributed by atoms with Crippen molar-refractivity contribution in [1.29, 1.82) is 0 Å². The van der Waals surface area contributed by atoms with Gasteiger partial charge in [0.15, 0.2) is 0 Å². The Kier molecular flexibility index (Phi) is 4.87. The highest BCUT2D eigenvalue weighted by atomic mass is 16.7. The van der Waals surface area contributed by atoms with Gasteiger partial charge in [-0.2, -0.15) is 0 Å². The van der Waals surface area contributed by atoms with Gasteiger partial charge >= 0.3 is 0 Å². The van der Waals surface area contributed by atoms with E-state index in [0.29, 0.717) is 5.92 Å². The highest BCUT2D eigenvalue weighted by molar-refractivity contribution is 6.01. The van der Waals surface area contributed by atoms with Crippen LogP contribution < -0.4 is 0 Å². The Labute approximate surface area is 150 Å². The molecule has 1 spiro atoms. The van der Waals surface area contributed by atoms with Gasteiger partial charge in [0.2, 0.25) is 0 Å². The molecule has 2 heteroatoms. The molecule has 0 bridgehead atoms. The summed E-state index contributed by atoms with van der Waals surface area (Å²) < 4.78 is 0. The minimum atomic E-state index is -0.0808. The van der Waals surface area contributed by atoms with Crippen LogP contribution >= 0.6 is 0 Å². The maximum Gasteiger partial charge on any atom is 0.143 e. The highest BCUT2D eigenvalue weighted by Gasteiger charge is 2.39. The number of oxime groups is 1. The van der Waals surface area contributed by atoms with Crippen LogP contribution in [0, 0.1) is 0 Å². The van der Waals surface area contributed by atoms with E-state index in [9.17, 15) is 0 Å². The van der Waals surface area contributed by atoms with E-state index in [1.807, 2.05) is 0 Å². The monoisotopic (exact) mass is 333 g/mol. The second kappa shape index (κ2) is 7.43. The average molecular weight is 333 g/mol. The molecule has 2 aromatic rings. The van der Waals surface area contributed by atoms with E-state index in [0.717, 1.165) is 25.0 Å². The van der Waals surface area contributed by atoms with E-state index in [2.05, 4.69) is 65.8 Å². The van der Waals surface area contributed by atoms with Gasteiger partial charge in [-0.1, -0.05) is 78.7 Å². The molecule has 4 rings (SSSR count). The number of benzene rings is 2. The lowest BCUT2D eigenvalue weighted by Gasteiger charge is -2.27. The molecule has 130 valence electrons. The van der Waals surface area contributed by atoms with Crippen LogP contribution in [0.25, 0.3) is 0 Å². The normalized spacial score (nSPS) is 27.0. The van der Waals surface area contributed by atoms with Crippen LogP contribution in [0.3, 0.4) is 0 Å². The van der Waals surface area contributed by atoms with Gasteiger partial charge in [-0.15, -0.1) is 0 Å². The van der Waals surface area contributed by atoms with Crippen molar-refractivity contribution in [3.63, 3.8) is 0 Å². The van der Waals surface area contributed by atoms with E-state index in [1.54, 1.807) is 0 Å². The summed E-state index contributed by atoms with van der Waals surface area (Å²) in [5, 5.41) is 4.50. The molecular formula is C23H27NO. The molecular weight excluding hydrogens is 306 g/mol. The first-order valence-corrected chi connectivity index (χ1v) is 9.70. The van der Waals surface area contributed by atoms with Crippen molar-refractivity contribution in [3.8, 4) is 0 Å². The Morgan fingerprint density at radius 2 is 1.56 bits per heavy atom. The molecule has 0 saturated heterocycles. The fraction of sp³-hybridized carbons (Fsp3) is 0.435. The largest absolute Gasteiger partial charge is 0.389 e. The van der Waals surface area contributed by atoms with E-state index in [-0.39, 0.29) is 5.60 Å². The van der Waals surface area contributed by atoms with Gasteiger partial charge in [-0.3, -0.25) is 0 Å². The fourth-order valence-corrected chi connectivity index (χ4v) is 4.35. The topological polar surface area (TPSA) is 21.6 Å². The Morgan fingerprint density at radius 1 is 0.800 bits per heavy atom. The number of nitrogens with zero attached hydrogens (tertiary/aromatic N) is 1. The smallest absolute Gasteiger partial charge is 0.143 e. The lowest BCUT2D eigenvalue weighted by Crippen LogP contribution is -2.29. The maximum atomic E-state index is 6.11. The van der Waals surface area contributed by atoms with Crippen LogP contribution in [0.4, 0.5) is 0 Å². The zero-order valence-electron chi connectivity index (χ0n) is 14.9. The average Bonchev–Trinajstić information content (AvgIpc) is 3.13. The number of hydrogen-bond donors (Lipinski definition) is 0. The summed E-state index contributed by atoms with van der Waals surface area (Å²) in [6, 6.07) is 21.5. The van der Waals surface area contributed by atoms with Crippen LogP contribution in [0.1, 0.15) is 68.4 Å². The lowest BCUT2D eigenvalue weighted by molar-refractivity contribution is -0.0345. The zero-order valence-corrected chi connectivity index (χ0v) is 14.9. The summed E-state index contributed by atoms with van der Waals surface area (Å²) in [7, 11) is 0. The molecule has 0 radical (unpaired) electrons. The van der Waals surface area contributed by atoms with Crippen molar-refractivity contribution in [2.45, 2.75) is 62.9 Å². The SMILES string of the molecule is c1ccc(C2=NOC3(CCCCCC(c4ccccc4)CC3)C2)cc1. The molecule has 1 aliphatic carbocycles. The van der Waals surface area contributed by atoms with Crippen molar-refractivity contribution in [3.05, 3.63) is 71.8 Å². The van der Waals surface area contributed by atoms with Crippen LogP contribution in [-0.4, -0.2) is 11.3 Å². The molecule has 0 N–H and O–H groups in total.